The third kappa shape index (κ3) is 2.29. The van der Waals surface area contributed by atoms with Crippen LogP contribution >= 0.6 is 0 Å². The monoisotopic (exact) mass is 296 g/mol. The highest BCUT2D eigenvalue weighted by molar-refractivity contribution is 5.91. The SMILES string of the molecule is Cc1cc(C(=O)O)ccc1-c1ccc2c(F)c(O)ccc2c1. The number of hydrogen-bond donors (Lipinski definition) is 2. The number of phenols is 1. The van der Waals surface area contributed by atoms with E-state index in [1.807, 2.05) is 13.0 Å². The number of aryl methyl sites for hydroxylation is 1. The van der Waals surface area contributed by atoms with Gasteiger partial charge in [-0.15, -0.1) is 0 Å². The van der Waals surface area contributed by atoms with Gasteiger partial charge in [-0.2, -0.15) is 0 Å². The van der Waals surface area contributed by atoms with E-state index < -0.39 is 11.8 Å². The molecule has 3 rings (SSSR count). The van der Waals surface area contributed by atoms with E-state index in [0.29, 0.717) is 10.8 Å². The summed E-state index contributed by atoms with van der Waals surface area (Å²) >= 11 is 0. The number of halogens is 1. The van der Waals surface area contributed by atoms with Crippen LogP contribution in [0.4, 0.5) is 4.39 Å². The van der Waals surface area contributed by atoms with Crippen molar-refractivity contribution in [3.63, 3.8) is 0 Å². The second-order valence-electron chi connectivity index (χ2n) is 5.17. The number of rotatable bonds is 2. The molecule has 3 aromatic rings. The molecule has 0 fully saturated rings. The summed E-state index contributed by atoms with van der Waals surface area (Å²) in [6.45, 7) is 1.84. The number of aromatic carboxylic acids is 1. The number of phenolic OH excluding ortho intramolecular Hbond substituents is 1. The molecule has 0 bridgehead atoms. The van der Waals surface area contributed by atoms with Gasteiger partial charge in [-0.3, -0.25) is 0 Å². The first-order valence-electron chi connectivity index (χ1n) is 6.73. The fourth-order valence-electron chi connectivity index (χ4n) is 2.57. The first-order valence-corrected chi connectivity index (χ1v) is 6.73. The van der Waals surface area contributed by atoms with Gasteiger partial charge in [-0.1, -0.05) is 24.3 Å². The van der Waals surface area contributed by atoms with Crippen molar-refractivity contribution >= 4 is 16.7 Å². The maximum absolute atomic E-state index is 13.8. The molecule has 0 heterocycles. The van der Waals surface area contributed by atoms with Gasteiger partial charge >= 0.3 is 5.97 Å². The molecule has 0 amide bonds. The zero-order valence-corrected chi connectivity index (χ0v) is 11.8. The lowest BCUT2D eigenvalue weighted by Gasteiger charge is -2.09. The fourth-order valence-corrected chi connectivity index (χ4v) is 2.57. The highest BCUT2D eigenvalue weighted by Crippen LogP contribution is 2.31. The van der Waals surface area contributed by atoms with Crippen LogP contribution in [0.15, 0.2) is 48.5 Å². The number of aromatic hydroxyl groups is 1. The summed E-state index contributed by atoms with van der Waals surface area (Å²) in [5.74, 6) is -1.98. The van der Waals surface area contributed by atoms with E-state index in [-0.39, 0.29) is 11.3 Å². The highest BCUT2D eigenvalue weighted by atomic mass is 19.1. The maximum atomic E-state index is 13.8. The minimum atomic E-state index is -0.967. The van der Waals surface area contributed by atoms with Crippen LogP contribution in [0.5, 0.6) is 5.75 Å². The Morgan fingerprint density at radius 1 is 1.05 bits per heavy atom. The molecule has 0 unspecified atom stereocenters. The minimum absolute atomic E-state index is 0.234. The summed E-state index contributed by atoms with van der Waals surface area (Å²) in [7, 11) is 0. The second kappa shape index (κ2) is 5.15. The quantitative estimate of drug-likeness (QED) is 0.738. The first-order chi connectivity index (χ1) is 10.5. The van der Waals surface area contributed by atoms with E-state index in [9.17, 15) is 14.3 Å². The Balaban J connectivity index is 2.15. The molecule has 22 heavy (non-hydrogen) atoms. The molecule has 0 spiro atoms. The molecule has 0 saturated carbocycles. The van der Waals surface area contributed by atoms with E-state index in [1.165, 1.54) is 6.07 Å². The fraction of sp³-hybridized carbons (Fsp3) is 0.0556. The van der Waals surface area contributed by atoms with E-state index in [4.69, 9.17) is 5.11 Å². The smallest absolute Gasteiger partial charge is 0.335 e. The zero-order chi connectivity index (χ0) is 15.9. The van der Waals surface area contributed by atoms with Crippen LogP contribution in [0.3, 0.4) is 0 Å². The van der Waals surface area contributed by atoms with Crippen LogP contribution in [0, 0.1) is 12.7 Å². The Morgan fingerprint density at radius 3 is 2.50 bits per heavy atom. The molecular formula is C18H13FO3. The zero-order valence-electron chi connectivity index (χ0n) is 11.8. The molecule has 0 atom stereocenters. The Hall–Kier alpha value is -2.88. The number of hydrogen-bond acceptors (Lipinski definition) is 2. The van der Waals surface area contributed by atoms with Gasteiger partial charge in [0.1, 0.15) is 0 Å². The van der Waals surface area contributed by atoms with Crippen molar-refractivity contribution in [2.75, 3.05) is 0 Å². The number of benzene rings is 3. The van der Waals surface area contributed by atoms with Crippen molar-refractivity contribution < 1.29 is 19.4 Å². The molecule has 0 saturated heterocycles. The number of carbonyl (C=O) groups is 1. The average Bonchev–Trinajstić information content (AvgIpc) is 2.50. The summed E-state index contributed by atoms with van der Waals surface area (Å²) in [6.07, 6.45) is 0. The average molecular weight is 296 g/mol. The van der Waals surface area contributed by atoms with Crippen molar-refractivity contribution in [2.45, 2.75) is 6.92 Å². The molecule has 3 nitrogen and oxygen atoms in total. The van der Waals surface area contributed by atoms with Gasteiger partial charge in [0.05, 0.1) is 5.56 Å². The van der Waals surface area contributed by atoms with E-state index in [0.717, 1.165) is 16.7 Å². The molecule has 4 heteroatoms. The Bertz CT molecular complexity index is 900. The van der Waals surface area contributed by atoms with E-state index in [1.54, 1.807) is 36.4 Å². The van der Waals surface area contributed by atoms with Crippen molar-refractivity contribution in [1.29, 1.82) is 0 Å². The lowest BCUT2D eigenvalue weighted by molar-refractivity contribution is 0.0697. The van der Waals surface area contributed by atoms with Gasteiger partial charge in [0.2, 0.25) is 0 Å². The molecular weight excluding hydrogens is 283 g/mol. The molecule has 0 aliphatic rings. The van der Waals surface area contributed by atoms with Crippen LogP contribution in [0.2, 0.25) is 0 Å². The topological polar surface area (TPSA) is 57.5 Å². The second-order valence-corrected chi connectivity index (χ2v) is 5.17. The Kier molecular flexibility index (Phi) is 3.29. The normalized spacial score (nSPS) is 10.8. The third-order valence-electron chi connectivity index (χ3n) is 3.72. The predicted octanol–water partition coefficient (Wildman–Crippen LogP) is 4.36. The van der Waals surface area contributed by atoms with Crippen LogP contribution < -0.4 is 0 Å². The van der Waals surface area contributed by atoms with Gasteiger partial charge < -0.3 is 10.2 Å². The Labute approximate surface area is 126 Å². The summed E-state index contributed by atoms with van der Waals surface area (Å²) in [6, 6.07) is 13.1. The summed E-state index contributed by atoms with van der Waals surface area (Å²) < 4.78 is 13.8. The molecule has 0 aliphatic heterocycles. The maximum Gasteiger partial charge on any atom is 0.335 e. The standard InChI is InChI=1S/C18H13FO3/c1-10-8-13(18(21)22)3-5-14(10)11-2-6-15-12(9-11)4-7-16(20)17(15)19/h2-9,20H,1H3,(H,21,22). The number of carboxylic acid groups (broad SMARTS) is 1. The van der Waals surface area contributed by atoms with Gasteiger partial charge in [0, 0.05) is 5.39 Å². The van der Waals surface area contributed by atoms with Gasteiger partial charge in [0.25, 0.3) is 0 Å². The summed E-state index contributed by atoms with van der Waals surface area (Å²) in [4.78, 5) is 11.0. The van der Waals surface area contributed by atoms with Crippen LogP contribution in [0.1, 0.15) is 15.9 Å². The molecule has 0 aliphatic carbocycles. The lowest BCUT2D eigenvalue weighted by Crippen LogP contribution is -1.97. The molecule has 110 valence electrons. The van der Waals surface area contributed by atoms with Crippen LogP contribution in [-0.2, 0) is 0 Å². The van der Waals surface area contributed by atoms with Crippen molar-refractivity contribution in [3.05, 3.63) is 65.5 Å². The van der Waals surface area contributed by atoms with Gasteiger partial charge in [0.15, 0.2) is 11.6 Å². The van der Waals surface area contributed by atoms with Crippen LogP contribution in [-0.4, -0.2) is 16.2 Å². The summed E-state index contributed by atoms with van der Waals surface area (Å²) in [5, 5.41) is 19.4. The minimum Gasteiger partial charge on any atom is -0.505 e. The third-order valence-corrected chi connectivity index (χ3v) is 3.72. The number of fused-ring (bicyclic) bond motifs is 1. The van der Waals surface area contributed by atoms with E-state index >= 15 is 0 Å². The van der Waals surface area contributed by atoms with Gasteiger partial charge in [-0.05, 0) is 53.3 Å². The van der Waals surface area contributed by atoms with Crippen molar-refractivity contribution in [1.82, 2.24) is 0 Å². The summed E-state index contributed by atoms with van der Waals surface area (Å²) in [5.41, 5.74) is 2.82. The Morgan fingerprint density at radius 2 is 1.82 bits per heavy atom. The lowest BCUT2D eigenvalue weighted by atomic mass is 9.96. The van der Waals surface area contributed by atoms with Gasteiger partial charge in [-0.25, -0.2) is 9.18 Å². The number of carboxylic acids is 1. The molecule has 0 aromatic heterocycles. The first kappa shape index (κ1) is 14.1. The van der Waals surface area contributed by atoms with Crippen molar-refractivity contribution in [3.8, 4) is 16.9 Å². The highest BCUT2D eigenvalue weighted by Gasteiger charge is 2.10. The van der Waals surface area contributed by atoms with E-state index in [2.05, 4.69) is 0 Å². The van der Waals surface area contributed by atoms with Crippen LogP contribution in [0.25, 0.3) is 21.9 Å². The molecule has 3 aromatic carbocycles. The molecule has 0 radical (unpaired) electrons. The molecule has 2 N–H and O–H groups in total. The predicted molar refractivity (Wildman–Crippen MR) is 82.7 cm³/mol. The van der Waals surface area contributed by atoms with Crippen molar-refractivity contribution in [2.24, 2.45) is 0 Å². The largest absolute Gasteiger partial charge is 0.505 e.